The van der Waals surface area contributed by atoms with Crippen molar-refractivity contribution in [2.24, 2.45) is 0 Å². The number of carbonyl (C=O) groups excluding carboxylic acids is 3. The van der Waals surface area contributed by atoms with E-state index in [9.17, 15) is 24.5 Å². The predicted octanol–water partition coefficient (Wildman–Crippen LogP) is 6.47. The number of nitrogens with zero attached hydrogens (tertiary/aromatic N) is 3. The summed E-state index contributed by atoms with van der Waals surface area (Å²) in [6.07, 6.45) is -0.401. The van der Waals surface area contributed by atoms with Crippen molar-refractivity contribution in [1.29, 1.82) is 0 Å². The van der Waals surface area contributed by atoms with Crippen molar-refractivity contribution in [3.63, 3.8) is 0 Å². The third-order valence-electron chi connectivity index (χ3n) is 8.82. The van der Waals surface area contributed by atoms with Gasteiger partial charge >= 0.3 is 12.1 Å². The lowest BCUT2D eigenvalue weighted by Crippen LogP contribution is -2.57. The van der Waals surface area contributed by atoms with Gasteiger partial charge in [0.1, 0.15) is 28.5 Å². The maximum absolute atomic E-state index is 15.3. The van der Waals surface area contributed by atoms with Gasteiger partial charge in [-0.05, 0) is 83.5 Å². The van der Waals surface area contributed by atoms with E-state index in [0.29, 0.717) is 29.0 Å². The number of fused-ring (bicyclic) bond motifs is 1. The van der Waals surface area contributed by atoms with Gasteiger partial charge in [0, 0.05) is 29.1 Å². The van der Waals surface area contributed by atoms with Gasteiger partial charge in [0.05, 0.1) is 36.5 Å². The van der Waals surface area contributed by atoms with Crippen molar-refractivity contribution >= 4 is 29.3 Å². The first kappa shape index (κ1) is 34.3. The predicted molar refractivity (Wildman–Crippen MR) is 176 cm³/mol. The molecule has 12 nitrogen and oxygen atoms in total. The lowest BCUT2D eigenvalue weighted by atomic mass is 9.81. The molecule has 0 spiro atoms. The van der Waals surface area contributed by atoms with Crippen LogP contribution in [-0.4, -0.2) is 66.2 Å². The number of methoxy groups -OCH3 is 1. The summed E-state index contributed by atoms with van der Waals surface area (Å²) in [6.45, 7) is 8.79. The monoisotopic (exact) mass is 662 g/mol. The van der Waals surface area contributed by atoms with Crippen molar-refractivity contribution in [3.05, 3.63) is 93.3 Å². The number of likely N-dealkylation sites (tertiary alicyclic amines) is 1. The van der Waals surface area contributed by atoms with Crippen LogP contribution in [0.2, 0.25) is 0 Å². The Kier molecular flexibility index (Phi) is 9.45. The van der Waals surface area contributed by atoms with Gasteiger partial charge in [0.2, 0.25) is 11.9 Å². The summed E-state index contributed by atoms with van der Waals surface area (Å²) in [5, 5.41) is 15.5. The average molecular weight is 663 g/mol. The molecule has 13 heteroatoms. The fourth-order valence-electron chi connectivity index (χ4n) is 6.40. The molecule has 2 heterocycles. The Bertz CT molecular complexity index is 1740. The summed E-state index contributed by atoms with van der Waals surface area (Å²) in [4.78, 5) is 53.9. The minimum absolute atomic E-state index is 0.113. The molecule has 0 radical (unpaired) electrons. The summed E-state index contributed by atoms with van der Waals surface area (Å²) in [7, 11) is 1.29. The number of nitro groups is 1. The van der Waals surface area contributed by atoms with Crippen molar-refractivity contribution in [2.45, 2.75) is 64.1 Å². The van der Waals surface area contributed by atoms with E-state index in [1.807, 2.05) is 0 Å². The van der Waals surface area contributed by atoms with Crippen LogP contribution in [0.1, 0.15) is 68.4 Å². The Morgan fingerprint density at radius 3 is 2.46 bits per heavy atom. The third-order valence-corrected chi connectivity index (χ3v) is 8.82. The Morgan fingerprint density at radius 2 is 1.83 bits per heavy atom. The maximum Gasteiger partial charge on any atom is 0.414 e. The normalized spacial score (nSPS) is 20.8. The van der Waals surface area contributed by atoms with Crippen LogP contribution in [0.3, 0.4) is 0 Å². The zero-order valence-electron chi connectivity index (χ0n) is 27.7. The topological polar surface area (TPSA) is 141 Å². The van der Waals surface area contributed by atoms with E-state index in [2.05, 4.69) is 5.32 Å². The Hall–Kier alpha value is -5.04. The molecule has 2 aliphatic heterocycles. The summed E-state index contributed by atoms with van der Waals surface area (Å²) >= 11 is 0. The Balaban J connectivity index is 1.45. The quantitative estimate of drug-likeness (QED) is 0.163. The molecule has 1 unspecified atom stereocenters. The molecule has 3 aromatic rings. The number of hydrogen-bond acceptors (Lipinski definition) is 9. The SMILES string of the molecule is CCN(C(=O)OC(C)(C)C)c1cc(F)cc2c1NC(=O)C2(C)N1CC[C@H](c2ccccc2Oc2ccc(C(=O)OC)cc2)[C@@H]([N+](=O)[O-])C1. The van der Waals surface area contributed by atoms with Gasteiger partial charge in [0.15, 0.2) is 0 Å². The average Bonchev–Trinajstić information content (AvgIpc) is 3.30. The van der Waals surface area contributed by atoms with Crippen LogP contribution >= 0.6 is 0 Å². The van der Waals surface area contributed by atoms with Crippen molar-refractivity contribution in [2.75, 3.05) is 37.0 Å². The van der Waals surface area contributed by atoms with Gasteiger partial charge in [-0.3, -0.25) is 24.7 Å². The summed E-state index contributed by atoms with van der Waals surface area (Å²) < 4.78 is 31.7. The van der Waals surface area contributed by atoms with Crippen molar-refractivity contribution < 1.29 is 37.9 Å². The minimum atomic E-state index is -1.46. The van der Waals surface area contributed by atoms with Crippen LogP contribution in [0.25, 0.3) is 0 Å². The number of hydrogen-bond donors (Lipinski definition) is 1. The van der Waals surface area contributed by atoms with Crippen molar-refractivity contribution in [3.8, 4) is 11.5 Å². The molecule has 3 atom stereocenters. The van der Waals surface area contributed by atoms with Crippen LogP contribution in [-0.2, 0) is 19.8 Å². The molecule has 5 rings (SSSR count). The van der Waals surface area contributed by atoms with E-state index in [0.717, 1.165) is 0 Å². The molecule has 1 N–H and O–H groups in total. The molecule has 1 saturated heterocycles. The van der Waals surface area contributed by atoms with E-state index >= 15 is 4.39 Å². The number of anilines is 2. The number of nitrogens with one attached hydrogen (secondary N) is 1. The molecule has 2 aliphatic rings. The van der Waals surface area contributed by atoms with Crippen LogP contribution < -0.4 is 15.0 Å². The van der Waals surface area contributed by atoms with Gasteiger partial charge < -0.3 is 19.5 Å². The number of benzene rings is 3. The number of amides is 2. The van der Waals surface area contributed by atoms with Crippen LogP contribution in [0.5, 0.6) is 11.5 Å². The number of ether oxygens (including phenoxy) is 3. The fourth-order valence-corrected chi connectivity index (χ4v) is 6.40. The molecule has 0 bridgehead atoms. The lowest BCUT2D eigenvalue weighted by molar-refractivity contribution is -0.531. The molecule has 0 aliphatic carbocycles. The number of halogens is 1. The van der Waals surface area contributed by atoms with Crippen molar-refractivity contribution in [1.82, 2.24) is 4.90 Å². The molecule has 254 valence electrons. The van der Waals surface area contributed by atoms with E-state index in [1.165, 1.54) is 24.1 Å². The molecular formula is C35H39FN4O8. The molecule has 0 aromatic heterocycles. The summed E-state index contributed by atoms with van der Waals surface area (Å²) in [5.41, 5.74) is -0.608. The lowest BCUT2D eigenvalue weighted by Gasteiger charge is -2.42. The smallest absolute Gasteiger partial charge is 0.414 e. The van der Waals surface area contributed by atoms with Gasteiger partial charge in [-0.15, -0.1) is 0 Å². The van der Waals surface area contributed by atoms with E-state index in [-0.39, 0.29) is 41.5 Å². The molecule has 48 heavy (non-hydrogen) atoms. The molecule has 0 saturated carbocycles. The van der Waals surface area contributed by atoms with Crippen LogP contribution in [0, 0.1) is 15.9 Å². The highest BCUT2D eigenvalue weighted by Crippen LogP contribution is 2.48. The second-order valence-corrected chi connectivity index (χ2v) is 12.9. The largest absolute Gasteiger partial charge is 0.465 e. The second kappa shape index (κ2) is 13.2. The highest BCUT2D eigenvalue weighted by Gasteiger charge is 2.53. The minimum Gasteiger partial charge on any atom is -0.465 e. The number of para-hydroxylation sites is 1. The molecule has 2 amide bonds. The highest BCUT2D eigenvalue weighted by molar-refractivity contribution is 6.10. The standard InChI is InChI=1S/C35H39FN4O8/c1-7-39(33(43)48-34(2,3)4)27-19-22(36)18-26-30(27)37-32(42)35(26,5)38-17-16-24(28(20-38)40(44)45)25-10-8-9-11-29(25)47-23-14-12-21(13-15-23)31(41)46-6/h8-15,18-19,24,28H,7,16-17,20H2,1-6H3,(H,37,42)/t24-,28+,35?/m1/s1. The highest BCUT2D eigenvalue weighted by atomic mass is 19.1. The zero-order valence-corrected chi connectivity index (χ0v) is 27.7. The first-order valence-electron chi connectivity index (χ1n) is 15.7. The number of carbonyl (C=O) groups is 3. The summed E-state index contributed by atoms with van der Waals surface area (Å²) in [6, 6.07) is 14.7. The van der Waals surface area contributed by atoms with Crippen LogP contribution in [0.15, 0.2) is 60.7 Å². The maximum atomic E-state index is 15.3. The van der Waals surface area contributed by atoms with E-state index in [1.54, 1.807) is 88.0 Å². The Labute approximate surface area is 277 Å². The second-order valence-electron chi connectivity index (χ2n) is 12.9. The van der Waals surface area contributed by atoms with E-state index < -0.39 is 46.9 Å². The first-order valence-corrected chi connectivity index (χ1v) is 15.7. The number of esters is 1. The fraction of sp³-hybridized carbons (Fsp3) is 0.400. The van der Waals surface area contributed by atoms with Gasteiger partial charge in [-0.1, -0.05) is 18.2 Å². The van der Waals surface area contributed by atoms with Gasteiger partial charge in [-0.2, -0.15) is 0 Å². The molecular weight excluding hydrogens is 623 g/mol. The molecule has 1 fully saturated rings. The van der Waals surface area contributed by atoms with E-state index in [4.69, 9.17) is 14.2 Å². The Morgan fingerprint density at radius 1 is 1.15 bits per heavy atom. The van der Waals surface area contributed by atoms with Crippen LogP contribution in [0.4, 0.5) is 20.6 Å². The number of rotatable bonds is 8. The number of piperidine rings is 1. The van der Waals surface area contributed by atoms with Gasteiger partial charge in [0.25, 0.3) is 0 Å². The first-order chi connectivity index (χ1) is 22.7. The summed E-state index contributed by atoms with van der Waals surface area (Å²) in [5.74, 6) is -1.34. The molecule has 3 aromatic carbocycles. The van der Waals surface area contributed by atoms with Gasteiger partial charge in [-0.25, -0.2) is 14.0 Å². The third kappa shape index (κ3) is 6.55. The zero-order chi connectivity index (χ0) is 35.0.